The number of hydrogen-bond donors (Lipinski definition) is 0. The molecule has 0 aliphatic carbocycles. The molecule has 0 amide bonds. The van der Waals surface area contributed by atoms with Crippen molar-refractivity contribution in [1.29, 1.82) is 0 Å². The van der Waals surface area contributed by atoms with Crippen LogP contribution in [0.2, 0.25) is 0 Å². The van der Waals surface area contributed by atoms with Gasteiger partial charge in [0.15, 0.2) is 5.58 Å². The van der Waals surface area contributed by atoms with E-state index in [2.05, 4.69) is 15.9 Å². The lowest BCUT2D eigenvalue weighted by molar-refractivity contribution is 0.324. The molecule has 0 atom stereocenters. The van der Waals surface area contributed by atoms with Gasteiger partial charge in [0.1, 0.15) is 0 Å². The summed E-state index contributed by atoms with van der Waals surface area (Å²) in [6.45, 7) is 0. The van der Waals surface area contributed by atoms with Crippen molar-refractivity contribution in [3.8, 4) is 0 Å². The molecular weight excluding hydrogens is 222 g/mol. The van der Waals surface area contributed by atoms with Crippen LogP contribution in [0.1, 0.15) is 0 Å². The molecule has 0 unspecified atom stereocenters. The second-order valence-corrected chi connectivity index (χ2v) is 3.45. The molecule has 3 nitrogen and oxygen atoms in total. The number of benzene rings is 1. The number of nitrogens with zero attached hydrogens (tertiary/aromatic N) is 1. The van der Waals surface area contributed by atoms with Gasteiger partial charge in [-0.05, 0) is 18.2 Å². The van der Waals surface area contributed by atoms with E-state index in [1.807, 2.05) is 6.07 Å². The van der Waals surface area contributed by atoms with Crippen LogP contribution >= 0.6 is 15.9 Å². The highest BCUT2D eigenvalue weighted by Crippen LogP contribution is 2.16. The van der Waals surface area contributed by atoms with Crippen molar-refractivity contribution in [2.24, 2.45) is 7.05 Å². The summed E-state index contributed by atoms with van der Waals surface area (Å²) in [6, 6.07) is 5.33. The van der Waals surface area contributed by atoms with Crippen molar-refractivity contribution in [2.75, 3.05) is 0 Å². The van der Waals surface area contributed by atoms with E-state index in [1.54, 1.807) is 19.2 Å². The lowest BCUT2D eigenvalue weighted by Crippen LogP contribution is -2.08. The van der Waals surface area contributed by atoms with E-state index in [9.17, 15) is 4.79 Å². The van der Waals surface area contributed by atoms with E-state index >= 15 is 0 Å². The Balaban J connectivity index is 2.97. The maximum Gasteiger partial charge on any atom is 0.290 e. The van der Waals surface area contributed by atoms with Crippen molar-refractivity contribution in [3.63, 3.8) is 0 Å². The largest absolute Gasteiger partial charge is 0.376 e. The minimum Gasteiger partial charge on any atom is -0.376 e. The topological polar surface area (TPSA) is 35.1 Å². The molecule has 1 heterocycles. The fraction of sp³-hybridized carbons (Fsp3) is 0.125. The zero-order valence-electron chi connectivity index (χ0n) is 6.37. The third-order valence-electron chi connectivity index (χ3n) is 1.70. The second-order valence-electron chi connectivity index (χ2n) is 2.53. The molecule has 0 radical (unpaired) electrons. The lowest BCUT2D eigenvalue weighted by Gasteiger charge is -1.86. The highest BCUT2D eigenvalue weighted by atomic mass is 79.9. The zero-order chi connectivity index (χ0) is 8.72. The number of fused-ring (bicyclic) bond motifs is 1. The van der Waals surface area contributed by atoms with Crippen LogP contribution in [0.15, 0.2) is 32.0 Å². The SMILES string of the molecule is Cn1oc2cc(Br)ccc2c1=O. The highest BCUT2D eigenvalue weighted by Gasteiger charge is 2.05. The van der Waals surface area contributed by atoms with E-state index in [0.717, 1.165) is 4.47 Å². The standard InChI is InChI=1S/C8H6BrNO2/c1-10-8(11)6-3-2-5(9)4-7(6)12-10/h2-4H,1H3. The number of aryl methyl sites for hydroxylation is 1. The molecule has 1 aromatic carbocycles. The molecule has 1 aromatic heterocycles. The summed E-state index contributed by atoms with van der Waals surface area (Å²) >= 11 is 3.29. The zero-order valence-corrected chi connectivity index (χ0v) is 7.96. The first-order valence-electron chi connectivity index (χ1n) is 3.44. The van der Waals surface area contributed by atoms with Gasteiger partial charge in [-0.25, -0.2) is 0 Å². The first kappa shape index (κ1) is 7.61. The van der Waals surface area contributed by atoms with Crippen molar-refractivity contribution in [2.45, 2.75) is 0 Å². The van der Waals surface area contributed by atoms with Gasteiger partial charge in [-0.3, -0.25) is 4.79 Å². The highest BCUT2D eigenvalue weighted by molar-refractivity contribution is 9.10. The van der Waals surface area contributed by atoms with E-state index in [-0.39, 0.29) is 5.56 Å². The summed E-state index contributed by atoms with van der Waals surface area (Å²) in [6.07, 6.45) is 0. The summed E-state index contributed by atoms with van der Waals surface area (Å²) in [4.78, 5) is 11.3. The molecule has 0 aliphatic heterocycles. The van der Waals surface area contributed by atoms with E-state index in [4.69, 9.17) is 4.52 Å². The average Bonchev–Trinajstić information content (AvgIpc) is 2.28. The number of hydrogen-bond acceptors (Lipinski definition) is 2. The lowest BCUT2D eigenvalue weighted by atomic mass is 10.3. The first-order valence-corrected chi connectivity index (χ1v) is 4.23. The Morgan fingerprint density at radius 3 is 3.00 bits per heavy atom. The van der Waals surface area contributed by atoms with Gasteiger partial charge in [-0.1, -0.05) is 15.9 Å². The number of halogens is 1. The maximum atomic E-state index is 11.3. The van der Waals surface area contributed by atoms with E-state index < -0.39 is 0 Å². The molecule has 0 fully saturated rings. The van der Waals surface area contributed by atoms with Gasteiger partial charge in [0.25, 0.3) is 5.56 Å². The van der Waals surface area contributed by atoms with Gasteiger partial charge >= 0.3 is 0 Å². The maximum absolute atomic E-state index is 11.3. The fourth-order valence-corrected chi connectivity index (χ4v) is 1.45. The Morgan fingerprint density at radius 1 is 1.50 bits per heavy atom. The molecule has 0 N–H and O–H groups in total. The van der Waals surface area contributed by atoms with Crippen LogP contribution in [0.3, 0.4) is 0 Å². The molecule has 62 valence electrons. The molecule has 12 heavy (non-hydrogen) atoms. The molecule has 0 spiro atoms. The Kier molecular flexibility index (Phi) is 1.58. The fourth-order valence-electron chi connectivity index (χ4n) is 1.11. The van der Waals surface area contributed by atoms with Crippen LogP contribution in [0.4, 0.5) is 0 Å². The minimum atomic E-state index is -0.0995. The Bertz CT molecular complexity index is 483. The van der Waals surface area contributed by atoms with Crippen LogP contribution in [0, 0.1) is 0 Å². The van der Waals surface area contributed by atoms with Crippen LogP contribution in [-0.4, -0.2) is 4.74 Å². The molecule has 2 rings (SSSR count). The second kappa shape index (κ2) is 2.48. The molecule has 0 saturated heterocycles. The Morgan fingerprint density at radius 2 is 2.25 bits per heavy atom. The van der Waals surface area contributed by atoms with Crippen LogP contribution < -0.4 is 5.56 Å². The summed E-state index contributed by atoms with van der Waals surface area (Å²) in [5.74, 6) is 0. The van der Waals surface area contributed by atoms with Crippen molar-refractivity contribution in [1.82, 2.24) is 4.74 Å². The first-order chi connectivity index (χ1) is 5.68. The van der Waals surface area contributed by atoms with Crippen LogP contribution in [0.25, 0.3) is 11.0 Å². The summed E-state index contributed by atoms with van der Waals surface area (Å²) in [5, 5.41) is 0.612. The van der Waals surface area contributed by atoms with Crippen molar-refractivity contribution < 1.29 is 4.52 Å². The Hall–Kier alpha value is -1.03. The van der Waals surface area contributed by atoms with Gasteiger partial charge in [-0.15, -0.1) is 0 Å². The van der Waals surface area contributed by atoms with Crippen LogP contribution in [-0.2, 0) is 7.05 Å². The third kappa shape index (κ3) is 0.992. The smallest absolute Gasteiger partial charge is 0.290 e. The molecule has 2 aromatic rings. The summed E-state index contributed by atoms with van der Waals surface area (Å²) in [5.41, 5.74) is 0.509. The average molecular weight is 228 g/mol. The van der Waals surface area contributed by atoms with Gasteiger partial charge in [0, 0.05) is 11.5 Å². The third-order valence-corrected chi connectivity index (χ3v) is 2.19. The van der Waals surface area contributed by atoms with Gasteiger partial charge in [0.2, 0.25) is 0 Å². The van der Waals surface area contributed by atoms with E-state index in [1.165, 1.54) is 4.74 Å². The minimum absolute atomic E-state index is 0.0995. The molecule has 0 aliphatic rings. The predicted molar refractivity (Wildman–Crippen MR) is 49.2 cm³/mol. The molecule has 0 bridgehead atoms. The predicted octanol–water partition coefficient (Wildman–Crippen LogP) is 1.89. The van der Waals surface area contributed by atoms with Crippen molar-refractivity contribution >= 4 is 26.9 Å². The summed E-state index contributed by atoms with van der Waals surface area (Å²) in [7, 11) is 1.59. The van der Waals surface area contributed by atoms with Gasteiger partial charge < -0.3 is 4.52 Å². The molecular formula is C8H6BrNO2. The quantitative estimate of drug-likeness (QED) is 0.690. The normalized spacial score (nSPS) is 10.8. The number of rotatable bonds is 0. The molecule has 4 heteroatoms. The van der Waals surface area contributed by atoms with Crippen molar-refractivity contribution in [3.05, 3.63) is 33.0 Å². The molecule has 0 saturated carbocycles. The van der Waals surface area contributed by atoms with Crippen LogP contribution in [0.5, 0.6) is 0 Å². The Labute approximate surface area is 76.7 Å². The van der Waals surface area contributed by atoms with Gasteiger partial charge in [-0.2, -0.15) is 4.74 Å². The number of aromatic nitrogens is 1. The summed E-state index contributed by atoms with van der Waals surface area (Å²) < 4.78 is 7.28. The van der Waals surface area contributed by atoms with Gasteiger partial charge in [0.05, 0.1) is 5.39 Å². The van der Waals surface area contributed by atoms with E-state index in [0.29, 0.717) is 11.0 Å². The monoisotopic (exact) mass is 227 g/mol.